The lowest BCUT2D eigenvalue weighted by molar-refractivity contribution is -0.137. The minimum atomic E-state index is -4.45. The number of alkyl halides is 3. The van der Waals surface area contributed by atoms with Gasteiger partial charge in [-0.3, -0.25) is 9.89 Å². The van der Waals surface area contributed by atoms with Crippen LogP contribution in [0, 0.1) is 4.77 Å². The molecule has 2 aromatic rings. The highest BCUT2D eigenvalue weighted by atomic mass is 32.1. The summed E-state index contributed by atoms with van der Waals surface area (Å²) in [5.74, 6) is -0.0871. The second-order valence-electron chi connectivity index (χ2n) is 4.31. The van der Waals surface area contributed by atoms with Crippen molar-refractivity contribution in [1.29, 1.82) is 0 Å². The summed E-state index contributed by atoms with van der Waals surface area (Å²) in [4.78, 5) is 11.8. The number of aromatic nitrogens is 3. The summed E-state index contributed by atoms with van der Waals surface area (Å²) in [5, 5.41) is 8.78. The molecule has 0 fully saturated rings. The third kappa shape index (κ3) is 3.69. The number of nitrogens with zero attached hydrogens (tertiary/aromatic N) is 2. The first-order valence-corrected chi connectivity index (χ1v) is 6.25. The minimum absolute atomic E-state index is 0.0756. The Morgan fingerprint density at radius 1 is 1.48 bits per heavy atom. The minimum Gasteiger partial charge on any atom is -0.326 e. The Labute approximate surface area is 122 Å². The van der Waals surface area contributed by atoms with Gasteiger partial charge in [0.2, 0.25) is 5.91 Å². The van der Waals surface area contributed by atoms with Crippen molar-refractivity contribution in [2.24, 2.45) is 7.05 Å². The van der Waals surface area contributed by atoms with Gasteiger partial charge in [0.05, 0.1) is 12.0 Å². The van der Waals surface area contributed by atoms with Crippen LogP contribution < -0.4 is 5.32 Å². The van der Waals surface area contributed by atoms with Crippen molar-refractivity contribution in [3.05, 3.63) is 40.4 Å². The normalized spacial score (nSPS) is 11.4. The average molecular weight is 316 g/mol. The molecule has 2 N–H and O–H groups in total. The van der Waals surface area contributed by atoms with Crippen molar-refractivity contribution in [2.45, 2.75) is 12.6 Å². The molecular weight excluding hydrogens is 305 g/mol. The zero-order valence-corrected chi connectivity index (χ0v) is 11.7. The first-order valence-electron chi connectivity index (χ1n) is 5.85. The van der Waals surface area contributed by atoms with Gasteiger partial charge in [-0.1, -0.05) is 6.07 Å². The zero-order valence-electron chi connectivity index (χ0n) is 10.9. The second kappa shape index (κ2) is 5.68. The number of benzene rings is 1. The van der Waals surface area contributed by atoms with Gasteiger partial charge in [0.15, 0.2) is 4.77 Å². The smallest absolute Gasteiger partial charge is 0.326 e. The Kier molecular flexibility index (Phi) is 4.12. The third-order valence-electron chi connectivity index (χ3n) is 2.76. The molecule has 0 aliphatic heterocycles. The van der Waals surface area contributed by atoms with E-state index in [9.17, 15) is 18.0 Å². The molecular formula is C12H11F3N4OS. The van der Waals surface area contributed by atoms with Crippen LogP contribution in [-0.4, -0.2) is 20.7 Å². The van der Waals surface area contributed by atoms with Crippen LogP contribution in [-0.2, 0) is 24.4 Å². The molecule has 0 spiro atoms. The van der Waals surface area contributed by atoms with E-state index in [0.29, 0.717) is 10.6 Å². The number of aromatic amines is 1. The van der Waals surface area contributed by atoms with Crippen molar-refractivity contribution in [3.8, 4) is 0 Å². The Bertz CT molecular complexity index is 720. The van der Waals surface area contributed by atoms with Gasteiger partial charge in [-0.05, 0) is 30.4 Å². The zero-order chi connectivity index (χ0) is 15.6. The van der Waals surface area contributed by atoms with Crippen LogP contribution in [0.5, 0.6) is 0 Å². The maximum absolute atomic E-state index is 12.6. The number of halogens is 3. The molecule has 0 atom stereocenters. The molecule has 0 bridgehead atoms. The third-order valence-corrected chi connectivity index (χ3v) is 3.13. The van der Waals surface area contributed by atoms with Crippen LogP contribution in [0.2, 0.25) is 0 Å². The molecule has 1 amide bonds. The lowest BCUT2D eigenvalue weighted by Gasteiger charge is -2.09. The van der Waals surface area contributed by atoms with E-state index in [1.54, 1.807) is 7.05 Å². The van der Waals surface area contributed by atoms with E-state index in [-0.39, 0.29) is 12.1 Å². The summed E-state index contributed by atoms with van der Waals surface area (Å²) in [7, 11) is 1.64. The predicted molar refractivity (Wildman–Crippen MR) is 72.2 cm³/mol. The van der Waals surface area contributed by atoms with Crippen LogP contribution in [0.15, 0.2) is 24.3 Å². The van der Waals surface area contributed by atoms with Gasteiger partial charge in [-0.15, -0.1) is 0 Å². The van der Waals surface area contributed by atoms with Crippen LogP contribution in [0.4, 0.5) is 18.9 Å². The Hall–Kier alpha value is -2.16. The summed E-state index contributed by atoms with van der Waals surface area (Å²) in [6, 6.07) is 4.43. The van der Waals surface area contributed by atoms with Crippen LogP contribution in [0.1, 0.15) is 11.4 Å². The SMILES string of the molecule is Cn1c(CC(=O)Nc2cccc(C(F)(F)F)c2)n[nH]c1=S. The highest BCUT2D eigenvalue weighted by Crippen LogP contribution is 2.30. The number of nitrogens with one attached hydrogen (secondary N) is 2. The lowest BCUT2D eigenvalue weighted by atomic mass is 10.2. The fourth-order valence-electron chi connectivity index (χ4n) is 1.66. The molecule has 2 rings (SSSR count). The second-order valence-corrected chi connectivity index (χ2v) is 4.69. The number of carbonyl (C=O) groups excluding carboxylic acids is 1. The van der Waals surface area contributed by atoms with Gasteiger partial charge in [-0.2, -0.15) is 18.3 Å². The summed E-state index contributed by atoms with van der Waals surface area (Å²) in [5.41, 5.74) is -0.745. The molecule has 0 saturated carbocycles. The molecule has 5 nitrogen and oxygen atoms in total. The standard InChI is InChI=1S/C12H11F3N4OS/c1-19-9(17-18-11(19)21)6-10(20)16-8-4-2-3-7(5-8)12(13,14)15/h2-5H,6H2,1H3,(H,16,20)(H,18,21). The van der Waals surface area contributed by atoms with E-state index in [2.05, 4.69) is 15.5 Å². The van der Waals surface area contributed by atoms with E-state index in [1.807, 2.05) is 0 Å². The summed E-state index contributed by atoms with van der Waals surface area (Å²) >= 11 is 4.90. The number of amides is 1. The quantitative estimate of drug-likeness (QED) is 0.856. The molecule has 1 aromatic carbocycles. The number of H-pyrrole nitrogens is 1. The van der Waals surface area contributed by atoms with Gasteiger partial charge >= 0.3 is 6.18 Å². The van der Waals surface area contributed by atoms with Gasteiger partial charge < -0.3 is 9.88 Å². The van der Waals surface area contributed by atoms with E-state index in [4.69, 9.17) is 12.2 Å². The van der Waals surface area contributed by atoms with Crippen molar-refractivity contribution in [1.82, 2.24) is 14.8 Å². The molecule has 0 radical (unpaired) electrons. The van der Waals surface area contributed by atoms with Crippen molar-refractivity contribution in [3.63, 3.8) is 0 Å². The predicted octanol–water partition coefficient (Wildman–Crippen LogP) is 2.68. The maximum Gasteiger partial charge on any atom is 0.416 e. The monoisotopic (exact) mass is 316 g/mol. The van der Waals surface area contributed by atoms with Crippen LogP contribution >= 0.6 is 12.2 Å². The Morgan fingerprint density at radius 2 is 2.19 bits per heavy atom. The van der Waals surface area contributed by atoms with Gasteiger partial charge in [0.1, 0.15) is 5.82 Å². The van der Waals surface area contributed by atoms with Gasteiger partial charge in [0, 0.05) is 12.7 Å². The number of hydrogen-bond acceptors (Lipinski definition) is 3. The largest absolute Gasteiger partial charge is 0.416 e. The molecule has 0 saturated heterocycles. The van der Waals surface area contributed by atoms with Crippen molar-refractivity contribution >= 4 is 23.8 Å². The number of anilines is 1. The lowest BCUT2D eigenvalue weighted by Crippen LogP contribution is -2.17. The molecule has 1 aromatic heterocycles. The molecule has 0 unspecified atom stereocenters. The van der Waals surface area contributed by atoms with E-state index >= 15 is 0 Å². The molecule has 0 aliphatic rings. The number of hydrogen-bond donors (Lipinski definition) is 2. The van der Waals surface area contributed by atoms with Crippen molar-refractivity contribution < 1.29 is 18.0 Å². The Balaban J connectivity index is 2.10. The molecule has 9 heteroatoms. The maximum atomic E-state index is 12.6. The molecule has 21 heavy (non-hydrogen) atoms. The highest BCUT2D eigenvalue weighted by molar-refractivity contribution is 7.71. The first kappa shape index (κ1) is 15.2. The van der Waals surface area contributed by atoms with Gasteiger partial charge in [-0.25, -0.2) is 0 Å². The Morgan fingerprint density at radius 3 is 2.76 bits per heavy atom. The molecule has 0 aliphatic carbocycles. The molecule has 1 heterocycles. The summed E-state index contributed by atoms with van der Waals surface area (Å²) in [6.45, 7) is 0. The topological polar surface area (TPSA) is 62.7 Å². The number of carbonyl (C=O) groups is 1. The van der Waals surface area contributed by atoms with Crippen LogP contribution in [0.25, 0.3) is 0 Å². The summed E-state index contributed by atoms with van der Waals surface area (Å²) < 4.78 is 39.6. The fourth-order valence-corrected chi connectivity index (χ4v) is 1.81. The molecule has 112 valence electrons. The highest BCUT2D eigenvalue weighted by Gasteiger charge is 2.30. The first-order chi connectivity index (χ1) is 9.77. The van der Waals surface area contributed by atoms with Crippen molar-refractivity contribution in [2.75, 3.05) is 5.32 Å². The number of rotatable bonds is 3. The van der Waals surface area contributed by atoms with Gasteiger partial charge in [0.25, 0.3) is 0 Å². The fraction of sp³-hybridized carbons (Fsp3) is 0.250. The van der Waals surface area contributed by atoms with Crippen LogP contribution in [0.3, 0.4) is 0 Å². The average Bonchev–Trinajstić information content (AvgIpc) is 2.70. The van der Waals surface area contributed by atoms with E-state index in [1.165, 1.54) is 16.7 Å². The summed E-state index contributed by atoms with van der Waals surface area (Å²) in [6.07, 6.45) is -4.55. The van der Waals surface area contributed by atoms with E-state index in [0.717, 1.165) is 12.1 Å². The van der Waals surface area contributed by atoms with E-state index < -0.39 is 17.6 Å².